The molecule has 5 aliphatic rings. The highest BCUT2D eigenvalue weighted by Crippen LogP contribution is 2.70. The van der Waals surface area contributed by atoms with Crippen LogP contribution < -0.4 is 0 Å². The molecule has 2 heteroatoms. The number of aliphatic hydroxyl groups excluding tert-OH is 1. The van der Waals surface area contributed by atoms with Gasteiger partial charge in [-0.05, 0) is 117 Å². The first-order chi connectivity index (χ1) is 12.6. The molecular formula is C24H35NO. The molecule has 5 fully saturated rings. The minimum atomic E-state index is -0.0348. The third-order valence-electron chi connectivity index (χ3n) is 10.2. The molecule has 0 aromatic rings. The maximum Gasteiger partial charge on any atom is 0.0911 e. The van der Waals surface area contributed by atoms with E-state index in [-0.39, 0.29) is 6.10 Å². The van der Waals surface area contributed by atoms with Crippen LogP contribution in [0.15, 0.2) is 11.6 Å². The summed E-state index contributed by atoms with van der Waals surface area (Å²) in [6.45, 7) is 2.59. The predicted molar refractivity (Wildman–Crippen MR) is 103 cm³/mol. The maximum absolute atomic E-state index is 10.2. The summed E-state index contributed by atoms with van der Waals surface area (Å²) in [7, 11) is 0. The Morgan fingerprint density at radius 1 is 1.04 bits per heavy atom. The predicted octanol–water partition coefficient (Wildman–Crippen LogP) is 5.62. The third kappa shape index (κ3) is 2.25. The molecule has 5 rings (SSSR count). The van der Waals surface area contributed by atoms with Gasteiger partial charge in [0, 0.05) is 6.08 Å². The van der Waals surface area contributed by atoms with Crippen molar-refractivity contribution in [1.82, 2.24) is 0 Å². The fourth-order valence-corrected chi connectivity index (χ4v) is 9.14. The zero-order chi connectivity index (χ0) is 17.9. The highest BCUT2D eigenvalue weighted by molar-refractivity contribution is 5.25. The number of rotatable bonds is 0. The Morgan fingerprint density at radius 3 is 2.77 bits per heavy atom. The molecule has 3 unspecified atom stereocenters. The van der Waals surface area contributed by atoms with Crippen molar-refractivity contribution < 1.29 is 5.11 Å². The molecule has 0 amide bonds. The molecule has 2 nitrogen and oxygen atoms in total. The van der Waals surface area contributed by atoms with Crippen LogP contribution in [-0.4, -0.2) is 11.2 Å². The normalized spacial score (nSPS) is 54.6. The number of hydrogen-bond acceptors (Lipinski definition) is 2. The van der Waals surface area contributed by atoms with E-state index in [2.05, 4.69) is 13.0 Å². The van der Waals surface area contributed by atoms with E-state index in [9.17, 15) is 10.4 Å². The average Bonchev–Trinajstić information content (AvgIpc) is 3.03. The molecule has 8 atom stereocenters. The Labute approximate surface area is 159 Å². The first kappa shape index (κ1) is 17.3. The van der Waals surface area contributed by atoms with Gasteiger partial charge < -0.3 is 5.11 Å². The van der Waals surface area contributed by atoms with Crippen LogP contribution in [0, 0.1) is 51.8 Å². The number of fused-ring (bicyclic) bond motifs is 4. The lowest BCUT2D eigenvalue weighted by molar-refractivity contribution is -0.132. The van der Waals surface area contributed by atoms with Gasteiger partial charge in [-0.25, -0.2) is 0 Å². The molecule has 0 aliphatic heterocycles. The van der Waals surface area contributed by atoms with E-state index in [4.69, 9.17) is 0 Å². The molecule has 0 radical (unpaired) electrons. The highest BCUT2D eigenvalue weighted by atomic mass is 16.3. The monoisotopic (exact) mass is 353 g/mol. The maximum atomic E-state index is 10.2. The van der Waals surface area contributed by atoms with Crippen molar-refractivity contribution in [3.05, 3.63) is 11.6 Å². The molecule has 5 aliphatic carbocycles. The van der Waals surface area contributed by atoms with Gasteiger partial charge in [-0.2, -0.15) is 5.26 Å². The van der Waals surface area contributed by atoms with Gasteiger partial charge in [0.15, 0.2) is 0 Å². The van der Waals surface area contributed by atoms with Crippen molar-refractivity contribution in [2.24, 2.45) is 40.4 Å². The summed E-state index contributed by atoms with van der Waals surface area (Å²) in [4.78, 5) is 0. The summed E-state index contributed by atoms with van der Waals surface area (Å²) in [5.41, 5.74) is 2.53. The van der Waals surface area contributed by atoms with Crippen LogP contribution in [0.4, 0.5) is 0 Å². The van der Waals surface area contributed by atoms with Crippen LogP contribution in [-0.2, 0) is 0 Å². The minimum Gasteiger partial charge on any atom is -0.393 e. The largest absolute Gasteiger partial charge is 0.393 e. The van der Waals surface area contributed by atoms with E-state index in [1.807, 2.05) is 6.08 Å². The van der Waals surface area contributed by atoms with Crippen LogP contribution in [0.1, 0.15) is 84.0 Å². The van der Waals surface area contributed by atoms with Crippen LogP contribution in [0.5, 0.6) is 0 Å². The molecular weight excluding hydrogens is 318 g/mol. The quantitative estimate of drug-likeness (QED) is 0.574. The lowest BCUT2D eigenvalue weighted by atomic mass is 9.43. The smallest absolute Gasteiger partial charge is 0.0911 e. The zero-order valence-corrected chi connectivity index (χ0v) is 16.4. The SMILES string of the molecule is C[C@]12CC[C@@H](O)C[C@@H]1CCC1C3CC[C@@H]4/C(=C\C#N)CCC[C@]34CCC12. The Morgan fingerprint density at radius 2 is 1.92 bits per heavy atom. The fraction of sp³-hybridized carbons (Fsp3) is 0.875. The van der Waals surface area contributed by atoms with Gasteiger partial charge in [-0.15, -0.1) is 0 Å². The van der Waals surface area contributed by atoms with Crippen molar-refractivity contribution in [2.45, 2.75) is 90.1 Å². The van der Waals surface area contributed by atoms with Crippen molar-refractivity contribution in [3.63, 3.8) is 0 Å². The molecule has 1 spiro atoms. The van der Waals surface area contributed by atoms with E-state index in [0.717, 1.165) is 42.4 Å². The van der Waals surface area contributed by atoms with Crippen LogP contribution >= 0.6 is 0 Å². The lowest BCUT2D eigenvalue weighted by Gasteiger charge is -2.62. The molecule has 0 heterocycles. The first-order valence-electron chi connectivity index (χ1n) is 11.3. The Balaban J connectivity index is 1.45. The van der Waals surface area contributed by atoms with Crippen molar-refractivity contribution in [1.29, 1.82) is 5.26 Å². The van der Waals surface area contributed by atoms with E-state index in [1.165, 1.54) is 69.8 Å². The summed E-state index contributed by atoms with van der Waals surface area (Å²) in [6, 6.07) is 2.36. The second kappa shape index (κ2) is 6.10. The molecule has 142 valence electrons. The molecule has 1 N–H and O–H groups in total. The summed E-state index contributed by atoms with van der Waals surface area (Å²) in [5.74, 6) is 4.22. The van der Waals surface area contributed by atoms with E-state index >= 15 is 0 Å². The molecule has 5 saturated carbocycles. The van der Waals surface area contributed by atoms with Gasteiger partial charge in [-0.1, -0.05) is 12.5 Å². The zero-order valence-electron chi connectivity index (χ0n) is 16.4. The van der Waals surface area contributed by atoms with E-state index in [1.54, 1.807) is 0 Å². The van der Waals surface area contributed by atoms with Crippen molar-refractivity contribution >= 4 is 0 Å². The minimum absolute atomic E-state index is 0.0348. The third-order valence-corrected chi connectivity index (χ3v) is 10.2. The average molecular weight is 354 g/mol. The van der Waals surface area contributed by atoms with E-state index < -0.39 is 0 Å². The fourth-order valence-electron chi connectivity index (χ4n) is 9.14. The first-order valence-corrected chi connectivity index (χ1v) is 11.3. The number of nitrogens with zero attached hydrogens (tertiary/aromatic N) is 1. The van der Waals surface area contributed by atoms with Gasteiger partial charge in [0.2, 0.25) is 0 Å². The molecule has 0 bridgehead atoms. The van der Waals surface area contributed by atoms with Crippen molar-refractivity contribution in [3.8, 4) is 6.07 Å². The van der Waals surface area contributed by atoms with Gasteiger partial charge in [0.05, 0.1) is 12.2 Å². The summed E-state index contributed by atoms with van der Waals surface area (Å²) in [6.07, 6.45) is 17.5. The van der Waals surface area contributed by atoms with Crippen molar-refractivity contribution in [2.75, 3.05) is 0 Å². The standard InChI is InChI=1S/C24H35NO/c1-23-12-8-18(26)15-17(23)4-5-19-21(23)9-13-24-11-2-3-16(10-14-25)20(24)6-7-22(19)24/h10,17-22,26H,2-9,11-13,15H2,1H3/b16-10-/t17-,18+,19?,20+,21?,22?,23-,24+/m0/s1. The van der Waals surface area contributed by atoms with Gasteiger partial charge in [0.25, 0.3) is 0 Å². The van der Waals surface area contributed by atoms with Crippen LogP contribution in [0.2, 0.25) is 0 Å². The lowest BCUT2D eigenvalue weighted by Crippen LogP contribution is -2.55. The van der Waals surface area contributed by atoms with E-state index in [0.29, 0.717) is 10.8 Å². The number of allylic oxidation sites excluding steroid dienone is 2. The second-order valence-corrected chi connectivity index (χ2v) is 10.7. The number of nitriles is 1. The molecule has 26 heavy (non-hydrogen) atoms. The molecule has 0 saturated heterocycles. The highest BCUT2D eigenvalue weighted by Gasteiger charge is 2.62. The Kier molecular flexibility index (Phi) is 4.06. The molecule has 0 aromatic carbocycles. The summed E-state index contributed by atoms with van der Waals surface area (Å²) < 4.78 is 0. The summed E-state index contributed by atoms with van der Waals surface area (Å²) >= 11 is 0. The molecule has 0 aromatic heterocycles. The second-order valence-electron chi connectivity index (χ2n) is 10.7. The van der Waals surface area contributed by atoms with Crippen LogP contribution in [0.3, 0.4) is 0 Å². The Hall–Kier alpha value is -0.810. The van der Waals surface area contributed by atoms with Crippen LogP contribution in [0.25, 0.3) is 0 Å². The topological polar surface area (TPSA) is 44.0 Å². The summed E-state index contributed by atoms with van der Waals surface area (Å²) in [5, 5.41) is 19.5. The number of aliphatic hydroxyl groups is 1. The van der Waals surface area contributed by atoms with Gasteiger partial charge >= 0.3 is 0 Å². The van der Waals surface area contributed by atoms with Gasteiger partial charge in [-0.3, -0.25) is 0 Å². The Bertz CT molecular complexity index is 647. The number of hydrogen-bond donors (Lipinski definition) is 1. The van der Waals surface area contributed by atoms with Gasteiger partial charge in [0.1, 0.15) is 0 Å².